The average Bonchev–Trinajstić information content (AvgIpc) is 3.03. The third-order valence-corrected chi connectivity index (χ3v) is 3.13. The van der Waals surface area contributed by atoms with Crippen LogP contribution in [0.2, 0.25) is 0 Å². The van der Waals surface area contributed by atoms with Gasteiger partial charge in [-0.15, -0.1) is 0 Å². The number of carboxylic acid groups (broad SMARTS) is 2. The summed E-state index contributed by atoms with van der Waals surface area (Å²) in [6.07, 6.45) is -1.03. The first-order valence-corrected chi connectivity index (χ1v) is 6.88. The molecule has 0 saturated heterocycles. The number of fused-ring (bicyclic) bond motifs is 1. The first-order chi connectivity index (χ1) is 15.9. The first-order valence-electron chi connectivity index (χ1n) is 11.4. The van der Waals surface area contributed by atoms with Crippen molar-refractivity contribution in [2.75, 3.05) is 0 Å². The maximum atomic E-state index is 12.3. The Morgan fingerprint density at radius 3 is 2.22 bits per heavy atom. The van der Waals surface area contributed by atoms with Crippen molar-refractivity contribution in [2.24, 2.45) is 20.9 Å². The molecular formula is C15H20N4O8. The van der Waals surface area contributed by atoms with Crippen LogP contribution >= 0.6 is 0 Å². The Morgan fingerprint density at radius 1 is 1.15 bits per heavy atom. The number of aromatic nitrogens is 4. The summed E-state index contributed by atoms with van der Waals surface area (Å²) in [5.41, 5.74) is -7.11. The quantitative estimate of drug-likeness (QED) is 0.531. The van der Waals surface area contributed by atoms with Crippen LogP contribution in [0, 0.1) is 0 Å². The van der Waals surface area contributed by atoms with Gasteiger partial charge in [-0.3, -0.25) is 23.5 Å². The number of ketones is 1. The van der Waals surface area contributed by atoms with Crippen molar-refractivity contribution in [1.82, 2.24) is 18.7 Å². The Balaban J connectivity index is 0.000000426. The molecule has 0 aliphatic carbocycles. The van der Waals surface area contributed by atoms with E-state index in [-0.39, 0.29) is 9.13 Å². The molecule has 12 nitrogen and oxygen atoms in total. The van der Waals surface area contributed by atoms with Crippen molar-refractivity contribution >= 4 is 28.9 Å². The Bertz CT molecular complexity index is 1280. The number of hydrogen-bond acceptors (Lipinski definition) is 7. The molecule has 0 aliphatic heterocycles. The van der Waals surface area contributed by atoms with E-state index in [2.05, 4.69) is 4.98 Å². The average molecular weight is 393 g/mol. The molecular weight excluding hydrogens is 364 g/mol. The summed E-state index contributed by atoms with van der Waals surface area (Å²) in [5.74, 6) is -3.75. The number of Topliss-reactive ketones (excluding diaryl/α,β-unsaturated/α-hetero) is 1. The van der Waals surface area contributed by atoms with E-state index >= 15 is 0 Å². The monoisotopic (exact) mass is 393 g/mol. The molecule has 0 bridgehead atoms. The van der Waals surface area contributed by atoms with Gasteiger partial charge in [0.2, 0.25) is 0 Å². The van der Waals surface area contributed by atoms with Crippen molar-refractivity contribution in [1.29, 1.82) is 0 Å². The van der Waals surface area contributed by atoms with Crippen LogP contribution in [0.5, 0.6) is 0 Å². The number of aliphatic hydroxyl groups is 1. The maximum absolute atomic E-state index is 12.3. The predicted molar refractivity (Wildman–Crippen MR) is 91.3 cm³/mol. The SMILES string of the molecule is CC(=O)CC(O)(CC(=O)O)C(=O)O.[2H]C([2H])([2H])n1c(=O)c2c(ncn2C([2H])([2H])[2H])n(C([2H])([2H])[2H])c1=O. The fraction of sp³-hybridized carbons (Fsp3) is 0.467. The lowest BCUT2D eigenvalue weighted by molar-refractivity contribution is -0.167. The van der Waals surface area contributed by atoms with Crippen LogP contribution in [-0.2, 0) is 35.3 Å². The second-order valence-corrected chi connectivity index (χ2v) is 5.33. The topological polar surface area (TPSA) is 174 Å². The van der Waals surface area contributed by atoms with Crippen LogP contribution < -0.4 is 11.2 Å². The van der Waals surface area contributed by atoms with Gasteiger partial charge in [0.1, 0.15) is 5.78 Å². The van der Waals surface area contributed by atoms with E-state index in [4.69, 9.17) is 22.5 Å². The lowest BCUT2D eigenvalue weighted by Gasteiger charge is -2.19. The minimum Gasteiger partial charge on any atom is -0.481 e. The second kappa shape index (κ2) is 7.95. The van der Waals surface area contributed by atoms with Crippen molar-refractivity contribution in [3.63, 3.8) is 0 Å². The molecule has 2 aromatic rings. The highest BCUT2D eigenvalue weighted by atomic mass is 16.4. The minimum absolute atomic E-state index is 0.0122. The van der Waals surface area contributed by atoms with Crippen molar-refractivity contribution in [3.8, 4) is 0 Å². The smallest absolute Gasteiger partial charge is 0.336 e. The van der Waals surface area contributed by atoms with Crippen LogP contribution in [0.3, 0.4) is 0 Å². The van der Waals surface area contributed by atoms with Gasteiger partial charge in [-0.2, -0.15) is 0 Å². The summed E-state index contributed by atoms with van der Waals surface area (Å²) in [7, 11) is 0. The molecule has 27 heavy (non-hydrogen) atoms. The van der Waals surface area contributed by atoms with E-state index in [9.17, 15) is 29.1 Å². The highest BCUT2D eigenvalue weighted by Crippen LogP contribution is 2.16. The molecule has 0 fully saturated rings. The Hall–Kier alpha value is -3.28. The molecule has 0 aromatic carbocycles. The van der Waals surface area contributed by atoms with Crippen LogP contribution in [0.1, 0.15) is 32.1 Å². The molecule has 0 amide bonds. The standard InChI is InChI=1S/C8H10N4O2.C7H10O6/c1-10-4-9-6-5(10)7(13)12(3)8(14)11(6)2;1-4(8)2-7(13,6(11)12)3-5(9)10/h4H,1-3H3;13H,2-3H2,1H3,(H,9,10)(H,11,12)/i1D3,2D3,3D3;. The first kappa shape index (κ1) is 11.4. The molecule has 12 heteroatoms. The minimum atomic E-state index is -3.29. The van der Waals surface area contributed by atoms with E-state index in [1.165, 1.54) is 0 Å². The zero-order valence-corrected chi connectivity index (χ0v) is 13.7. The van der Waals surface area contributed by atoms with Crippen molar-refractivity contribution in [2.45, 2.75) is 25.4 Å². The fourth-order valence-electron chi connectivity index (χ4n) is 1.96. The molecule has 148 valence electrons. The number of aryl methyl sites for hydroxylation is 2. The second-order valence-electron chi connectivity index (χ2n) is 5.33. The molecule has 0 radical (unpaired) electrons. The summed E-state index contributed by atoms with van der Waals surface area (Å²) in [4.78, 5) is 59.1. The molecule has 2 heterocycles. The van der Waals surface area contributed by atoms with Crippen molar-refractivity contribution < 1.29 is 42.0 Å². The number of nitrogens with zero attached hydrogens (tertiary/aromatic N) is 4. The molecule has 3 N–H and O–H groups in total. The number of carboxylic acids is 2. The van der Waals surface area contributed by atoms with Crippen molar-refractivity contribution in [3.05, 3.63) is 27.2 Å². The zero-order chi connectivity index (χ0) is 28.6. The number of rotatable bonds is 5. The summed E-state index contributed by atoms with van der Waals surface area (Å²) < 4.78 is 65.8. The van der Waals surface area contributed by atoms with Crippen LogP contribution in [0.4, 0.5) is 0 Å². The number of carbonyl (C=O) groups excluding carboxylic acids is 1. The molecule has 2 aromatic heterocycles. The lowest BCUT2D eigenvalue weighted by Crippen LogP contribution is -2.42. The molecule has 0 spiro atoms. The van der Waals surface area contributed by atoms with Gasteiger partial charge in [-0.1, -0.05) is 0 Å². The Kier molecular flexibility index (Phi) is 3.37. The third kappa shape index (κ3) is 4.67. The van der Waals surface area contributed by atoms with Gasteiger partial charge in [0.15, 0.2) is 16.8 Å². The van der Waals surface area contributed by atoms with Gasteiger partial charge in [0.25, 0.3) is 5.56 Å². The largest absolute Gasteiger partial charge is 0.481 e. The summed E-state index contributed by atoms with van der Waals surface area (Å²) >= 11 is 0. The van der Waals surface area contributed by atoms with Gasteiger partial charge in [0.05, 0.1) is 12.7 Å². The molecule has 0 saturated carbocycles. The van der Waals surface area contributed by atoms with Gasteiger partial charge >= 0.3 is 17.6 Å². The molecule has 2 rings (SSSR count). The normalized spacial score (nSPS) is 19.1. The zero-order valence-electron chi connectivity index (χ0n) is 22.7. The number of aliphatic carboxylic acids is 2. The summed E-state index contributed by atoms with van der Waals surface area (Å²) in [5, 5.41) is 26.0. The van der Waals surface area contributed by atoms with Gasteiger partial charge in [-0.25, -0.2) is 14.6 Å². The highest BCUT2D eigenvalue weighted by Gasteiger charge is 2.39. The van der Waals surface area contributed by atoms with E-state index in [1.807, 2.05) is 0 Å². The number of imidazole rings is 1. The van der Waals surface area contributed by atoms with E-state index in [0.29, 0.717) is 10.9 Å². The van der Waals surface area contributed by atoms with E-state index in [0.717, 1.165) is 6.92 Å². The Morgan fingerprint density at radius 2 is 1.78 bits per heavy atom. The highest BCUT2D eigenvalue weighted by molar-refractivity contribution is 5.90. The molecule has 0 aliphatic rings. The summed E-state index contributed by atoms with van der Waals surface area (Å²) in [6, 6.07) is 0. The predicted octanol–water partition coefficient (Wildman–Crippen LogP) is -1.77. The van der Waals surface area contributed by atoms with Crippen LogP contribution in [0.15, 0.2) is 15.9 Å². The van der Waals surface area contributed by atoms with E-state index < -0.39 is 79.5 Å². The number of hydrogen-bond donors (Lipinski definition) is 3. The van der Waals surface area contributed by atoms with Gasteiger partial charge in [-0.05, 0) is 6.92 Å². The molecule has 1 atom stereocenters. The van der Waals surface area contributed by atoms with Gasteiger partial charge in [0, 0.05) is 39.7 Å². The third-order valence-electron chi connectivity index (χ3n) is 3.13. The Labute approximate surface area is 164 Å². The lowest BCUT2D eigenvalue weighted by atomic mass is 9.94. The molecule has 1 unspecified atom stereocenters. The summed E-state index contributed by atoms with van der Waals surface area (Å²) in [6.45, 7) is -8.30. The maximum Gasteiger partial charge on any atom is 0.336 e. The van der Waals surface area contributed by atoms with E-state index in [1.54, 1.807) is 0 Å². The van der Waals surface area contributed by atoms with Crippen LogP contribution in [0.25, 0.3) is 11.2 Å². The van der Waals surface area contributed by atoms with Crippen LogP contribution in [-0.4, -0.2) is 57.3 Å². The van der Waals surface area contributed by atoms with Gasteiger partial charge < -0.3 is 19.9 Å². The fourth-order valence-corrected chi connectivity index (χ4v) is 1.96. The number of carbonyl (C=O) groups is 3.